The molecule has 30 heavy (non-hydrogen) atoms. The molecule has 4 rings (SSSR count). The topological polar surface area (TPSA) is 64.4 Å². The quantitative estimate of drug-likeness (QED) is 0.341. The Hall–Kier alpha value is -4.12. The Balaban J connectivity index is 1.52. The average Bonchev–Trinajstić information content (AvgIpc) is 2.83. The second kappa shape index (κ2) is 9.39. The van der Waals surface area contributed by atoms with Crippen molar-refractivity contribution in [3.05, 3.63) is 126 Å². The van der Waals surface area contributed by atoms with Gasteiger partial charge in [-0.05, 0) is 12.1 Å². The van der Waals surface area contributed by atoms with Gasteiger partial charge in [-0.2, -0.15) is 0 Å². The third-order valence-electron chi connectivity index (χ3n) is 4.37. The third-order valence-corrected chi connectivity index (χ3v) is 4.37. The number of esters is 1. The molecule has 0 saturated carbocycles. The molecular weight excluding hydrogens is 374 g/mol. The summed E-state index contributed by atoms with van der Waals surface area (Å²) in [7, 11) is 0. The lowest BCUT2D eigenvalue weighted by molar-refractivity contribution is 0.0462. The highest BCUT2D eigenvalue weighted by Crippen LogP contribution is 2.17. The van der Waals surface area contributed by atoms with Gasteiger partial charge in [-0.1, -0.05) is 78.9 Å². The van der Waals surface area contributed by atoms with Gasteiger partial charge in [-0.3, -0.25) is 0 Å². The Morgan fingerprint density at radius 3 is 1.67 bits per heavy atom. The van der Waals surface area contributed by atoms with Crippen LogP contribution in [-0.4, -0.2) is 21.6 Å². The molecule has 5 heteroatoms. The van der Waals surface area contributed by atoms with Crippen LogP contribution in [0.3, 0.4) is 0 Å². The predicted molar refractivity (Wildman–Crippen MR) is 116 cm³/mol. The van der Waals surface area contributed by atoms with Crippen LogP contribution in [0.25, 0.3) is 0 Å². The molecule has 0 aliphatic heterocycles. The van der Waals surface area contributed by atoms with Crippen molar-refractivity contribution in [1.82, 2.24) is 9.97 Å². The van der Waals surface area contributed by atoms with Crippen LogP contribution in [0.4, 0.5) is 5.69 Å². The largest absolute Gasteiger partial charge is 0.454 e. The van der Waals surface area contributed by atoms with E-state index in [1.54, 1.807) is 36.7 Å². The Kier molecular flexibility index (Phi) is 6.01. The average molecular weight is 393 g/mol. The molecule has 4 aromatic rings. The summed E-state index contributed by atoms with van der Waals surface area (Å²) in [4.78, 5) is 25.4. The minimum Gasteiger partial charge on any atom is -0.454 e. The first-order chi connectivity index (χ1) is 14.8. The molecule has 0 fully saturated rings. The van der Waals surface area contributed by atoms with Gasteiger partial charge in [0.05, 0.1) is 23.7 Å². The van der Waals surface area contributed by atoms with E-state index in [4.69, 9.17) is 9.73 Å². The van der Waals surface area contributed by atoms with E-state index >= 15 is 0 Å². The molecule has 0 unspecified atom stereocenters. The number of rotatable bonds is 6. The monoisotopic (exact) mass is 393 g/mol. The lowest BCUT2D eigenvalue weighted by atomic mass is 10.0. The number of carbonyl (C=O) groups excluding carboxylic acids is 1. The number of aliphatic imine (C=N–C) groups is 1. The highest BCUT2D eigenvalue weighted by molar-refractivity contribution is 6.13. The van der Waals surface area contributed by atoms with Gasteiger partial charge < -0.3 is 4.74 Å². The zero-order chi connectivity index (χ0) is 20.6. The van der Waals surface area contributed by atoms with E-state index in [2.05, 4.69) is 9.97 Å². The fourth-order valence-electron chi connectivity index (χ4n) is 2.88. The second-order valence-electron chi connectivity index (χ2n) is 6.49. The molecule has 1 aromatic heterocycles. The number of ether oxygens (including phenoxy) is 1. The van der Waals surface area contributed by atoms with Crippen LogP contribution < -0.4 is 0 Å². The van der Waals surface area contributed by atoms with Crippen LogP contribution in [0, 0.1) is 0 Å². The molecule has 0 amide bonds. The molecule has 3 aromatic carbocycles. The van der Waals surface area contributed by atoms with Gasteiger partial charge in [-0.15, -0.1) is 0 Å². The maximum Gasteiger partial charge on any atom is 0.338 e. The molecule has 0 aliphatic carbocycles. The highest BCUT2D eigenvalue weighted by Gasteiger charge is 2.09. The van der Waals surface area contributed by atoms with Crippen molar-refractivity contribution in [3.8, 4) is 0 Å². The zero-order valence-electron chi connectivity index (χ0n) is 16.2. The molecule has 0 spiro atoms. The number of aromatic nitrogens is 2. The molecule has 0 atom stereocenters. The summed E-state index contributed by atoms with van der Waals surface area (Å²) < 4.78 is 5.27. The summed E-state index contributed by atoms with van der Waals surface area (Å²) in [5.41, 5.74) is 3.96. The van der Waals surface area contributed by atoms with Crippen molar-refractivity contribution in [2.24, 2.45) is 4.99 Å². The van der Waals surface area contributed by atoms with E-state index in [0.717, 1.165) is 16.8 Å². The SMILES string of the molecule is O=C(OCc1ncc(N=C(c2ccccc2)c2ccccc2)cn1)c1ccccc1. The maximum absolute atomic E-state index is 12.0. The fraction of sp³-hybridized carbons (Fsp3) is 0.0400. The Bertz CT molecular complexity index is 1090. The van der Waals surface area contributed by atoms with Gasteiger partial charge >= 0.3 is 5.97 Å². The van der Waals surface area contributed by atoms with Crippen LogP contribution in [-0.2, 0) is 11.3 Å². The van der Waals surface area contributed by atoms with Crippen molar-refractivity contribution >= 4 is 17.4 Å². The summed E-state index contributed by atoms with van der Waals surface area (Å²) in [6.45, 7) is 0.00193. The first-order valence-electron chi connectivity index (χ1n) is 9.52. The van der Waals surface area contributed by atoms with Crippen molar-refractivity contribution in [3.63, 3.8) is 0 Å². The van der Waals surface area contributed by atoms with Gasteiger partial charge in [0, 0.05) is 11.1 Å². The number of benzene rings is 3. The maximum atomic E-state index is 12.0. The number of nitrogens with zero attached hydrogens (tertiary/aromatic N) is 3. The Labute approximate surface area is 174 Å². The van der Waals surface area contributed by atoms with Crippen LogP contribution in [0.15, 0.2) is 108 Å². The first-order valence-corrected chi connectivity index (χ1v) is 9.52. The van der Waals surface area contributed by atoms with Crippen LogP contribution >= 0.6 is 0 Å². The predicted octanol–water partition coefficient (Wildman–Crippen LogP) is 5.00. The van der Waals surface area contributed by atoms with E-state index in [0.29, 0.717) is 17.1 Å². The van der Waals surface area contributed by atoms with Gasteiger partial charge in [0.25, 0.3) is 0 Å². The summed E-state index contributed by atoms with van der Waals surface area (Å²) in [6.07, 6.45) is 3.26. The summed E-state index contributed by atoms with van der Waals surface area (Å²) in [5, 5.41) is 0. The molecule has 0 radical (unpaired) electrons. The van der Waals surface area contributed by atoms with Crippen molar-refractivity contribution in [2.75, 3.05) is 0 Å². The zero-order valence-corrected chi connectivity index (χ0v) is 16.2. The Morgan fingerprint density at radius 2 is 1.17 bits per heavy atom. The molecule has 5 nitrogen and oxygen atoms in total. The van der Waals surface area contributed by atoms with E-state index in [-0.39, 0.29) is 6.61 Å². The second-order valence-corrected chi connectivity index (χ2v) is 6.49. The molecule has 0 bridgehead atoms. The number of carbonyl (C=O) groups is 1. The smallest absolute Gasteiger partial charge is 0.338 e. The summed E-state index contributed by atoms with van der Waals surface area (Å²) in [6, 6.07) is 28.8. The molecule has 0 N–H and O–H groups in total. The third kappa shape index (κ3) is 4.83. The van der Waals surface area contributed by atoms with E-state index in [1.165, 1.54) is 0 Å². The fourth-order valence-corrected chi connectivity index (χ4v) is 2.88. The number of hydrogen-bond acceptors (Lipinski definition) is 5. The Morgan fingerprint density at radius 1 is 0.700 bits per heavy atom. The normalized spacial score (nSPS) is 10.3. The van der Waals surface area contributed by atoms with Crippen LogP contribution in [0.1, 0.15) is 27.3 Å². The first kappa shape index (κ1) is 19.2. The lowest BCUT2D eigenvalue weighted by Crippen LogP contribution is -2.07. The van der Waals surface area contributed by atoms with E-state index in [9.17, 15) is 4.79 Å². The van der Waals surface area contributed by atoms with Gasteiger partial charge in [0.15, 0.2) is 12.4 Å². The minimum absolute atomic E-state index is 0.00193. The van der Waals surface area contributed by atoms with Crippen molar-refractivity contribution in [1.29, 1.82) is 0 Å². The highest BCUT2D eigenvalue weighted by atomic mass is 16.5. The van der Waals surface area contributed by atoms with Crippen LogP contribution in [0.2, 0.25) is 0 Å². The van der Waals surface area contributed by atoms with Gasteiger partial charge in [-0.25, -0.2) is 19.8 Å². The molecular formula is C25H19N3O2. The number of hydrogen-bond donors (Lipinski definition) is 0. The molecule has 1 heterocycles. The van der Waals surface area contributed by atoms with Crippen molar-refractivity contribution < 1.29 is 9.53 Å². The van der Waals surface area contributed by atoms with Gasteiger partial charge in [0.1, 0.15) is 5.69 Å². The molecule has 0 aliphatic rings. The summed E-state index contributed by atoms with van der Waals surface area (Å²) in [5.74, 6) is 0.0101. The van der Waals surface area contributed by atoms with Gasteiger partial charge in [0.2, 0.25) is 0 Å². The standard InChI is InChI=1S/C25H19N3O2/c29-25(21-14-8-3-9-15-21)30-18-23-26-16-22(17-27-23)28-24(19-10-4-1-5-11-19)20-12-6-2-7-13-20/h1-17H,18H2. The van der Waals surface area contributed by atoms with E-state index < -0.39 is 5.97 Å². The van der Waals surface area contributed by atoms with Crippen molar-refractivity contribution in [2.45, 2.75) is 6.61 Å². The molecule has 0 saturated heterocycles. The molecule has 146 valence electrons. The lowest BCUT2D eigenvalue weighted by Gasteiger charge is -2.08. The minimum atomic E-state index is -0.406. The van der Waals surface area contributed by atoms with Crippen LogP contribution in [0.5, 0.6) is 0 Å². The summed E-state index contributed by atoms with van der Waals surface area (Å²) >= 11 is 0. The van der Waals surface area contributed by atoms with E-state index in [1.807, 2.05) is 66.7 Å².